The minimum atomic E-state index is 0.693. The molecule has 0 unspecified atom stereocenters. The molecule has 0 atom stereocenters. The number of ether oxygens (including phenoxy) is 1. The van der Waals surface area contributed by atoms with Crippen molar-refractivity contribution in [1.82, 2.24) is 10.2 Å². The first kappa shape index (κ1) is 14.2. The van der Waals surface area contributed by atoms with Crippen LogP contribution in [0.5, 0.6) is 0 Å². The maximum absolute atomic E-state index is 5.10. The van der Waals surface area contributed by atoms with Crippen LogP contribution in [0.15, 0.2) is 24.3 Å². The summed E-state index contributed by atoms with van der Waals surface area (Å²) in [6, 6.07) is 8.65. The summed E-state index contributed by atoms with van der Waals surface area (Å²) in [6.45, 7) is 3.91. The zero-order valence-corrected chi connectivity index (χ0v) is 11.2. The van der Waals surface area contributed by atoms with E-state index in [1.807, 2.05) is 7.05 Å². The molecule has 17 heavy (non-hydrogen) atoms. The van der Waals surface area contributed by atoms with Gasteiger partial charge in [0.2, 0.25) is 0 Å². The van der Waals surface area contributed by atoms with Crippen LogP contribution in [-0.2, 0) is 17.9 Å². The summed E-state index contributed by atoms with van der Waals surface area (Å²) in [5.41, 5.74) is 2.59. The fourth-order valence-corrected chi connectivity index (χ4v) is 1.82. The van der Waals surface area contributed by atoms with E-state index in [9.17, 15) is 0 Å². The van der Waals surface area contributed by atoms with Gasteiger partial charge in [-0.05, 0) is 44.7 Å². The first-order valence-corrected chi connectivity index (χ1v) is 6.16. The quantitative estimate of drug-likeness (QED) is 0.697. The van der Waals surface area contributed by atoms with Crippen molar-refractivity contribution in [1.29, 1.82) is 0 Å². The molecule has 0 aliphatic carbocycles. The molecule has 1 N–H and O–H groups in total. The van der Waals surface area contributed by atoms with Crippen molar-refractivity contribution in [2.45, 2.75) is 19.6 Å². The molecule has 0 fully saturated rings. The van der Waals surface area contributed by atoms with Crippen molar-refractivity contribution in [3.63, 3.8) is 0 Å². The van der Waals surface area contributed by atoms with Gasteiger partial charge in [0.15, 0.2) is 0 Å². The Morgan fingerprint density at radius 2 is 1.82 bits per heavy atom. The van der Waals surface area contributed by atoms with Crippen molar-refractivity contribution in [3.05, 3.63) is 35.4 Å². The van der Waals surface area contributed by atoms with Gasteiger partial charge in [-0.1, -0.05) is 24.3 Å². The fraction of sp³-hybridized carbons (Fsp3) is 0.571. The van der Waals surface area contributed by atoms with E-state index in [1.165, 1.54) is 17.5 Å². The Balaban J connectivity index is 2.34. The molecular weight excluding hydrogens is 212 g/mol. The predicted octanol–water partition coefficient (Wildman–Crippen LogP) is 1.87. The Bertz CT molecular complexity index is 298. The molecule has 0 saturated carbocycles. The van der Waals surface area contributed by atoms with Gasteiger partial charge < -0.3 is 15.0 Å². The molecule has 96 valence electrons. The molecule has 3 heteroatoms. The summed E-state index contributed by atoms with van der Waals surface area (Å²) in [5, 5.41) is 3.17. The number of methoxy groups -OCH3 is 1. The van der Waals surface area contributed by atoms with E-state index in [-0.39, 0.29) is 0 Å². The number of nitrogens with one attached hydrogen (secondary N) is 1. The largest absolute Gasteiger partial charge is 0.380 e. The zero-order chi connectivity index (χ0) is 12.5. The molecule has 1 rings (SSSR count). The Hall–Kier alpha value is -0.900. The molecule has 0 aliphatic heterocycles. The number of benzene rings is 1. The highest BCUT2D eigenvalue weighted by molar-refractivity contribution is 5.21. The van der Waals surface area contributed by atoms with E-state index in [4.69, 9.17) is 4.74 Å². The maximum atomic E-state index is 5.10. The first-order valence-electron chi connectivity index (χ1n) is 6.16. The van der Waals surface area contributed by atoms with Crippen LogP contribution < -0.4 is 5.32 Å². The average molecular weight is 236 g/mol. The third-order valence-electron chi connectivity index (χ3n) is 2.75. The summed E-state index contributed by atoms with van der Waals surface area (Å²) in [6.07, 6.45) is 1.19. The lowest BCUT2D eigenvalue weighted by Gasteiger charge is -2.16. The molecule has 0 bridgehead atoms. The molecule has 3 nitrogen and oxygen atoms in total. The minimum Gasteiger partial charge on any atom is -0.380 e. The smallest absolute Gasteiger partial charge is 0.0713 e. The van der Waals surface area contributed by atoms with E-state index < -0.39 is 0 Å². The van der Waals surface area contributed by atoms with E-state index in [0.717, 1.165) is 19.6 Å². The second-order valence-electron chi connectivity index (χ2n) is 4.44. The number of nitrogens with zero attached hydrogens (tertiary/aromatic N) is 1. The lowest BCUT2D eigenvalue weighted by atomic mass is 10.1. The highest BCUT2D eigenvalue weighted by Gasteiger charge is 2.00. The lowest BCUT2D eigenvalue weighted by Crippen LogP contribution is -2.22. The first-order chi connectivity index (χ1) is 8.26. The SMILES string of the molecule is CNCCCN(C)Cc1ccc(COC)cc1. The van der Waals surface area contributed by atoms with Crippen molar-refractivity contribution in [2.24, 2.45) is 0 Å². The van der Waals surface area contributed by atoms with Crippen LogP contribution in [0.1, 0.15) is 17.5 Å². The van der Waals surface area contributed by atoms with E-state index in [0.29, 0.717) is 6.61 Å². The summed E-state index contributed by atoms with van der Waals surface area (Å²) in [7, 11) is 5.89. The second kappa shape index (κ2) is 8.23. The Kier molecular flexibility index (Phi) is 6.86. The highest BCUT2D eigenvalue weighted by atomic mass is 16.5. The van der Waals surface area contributed by atoms with Crippen LogP contribution in [0.4, 0.5) is 0 Å². The van der Waals surface area contributed by atoms with Crippen LogP contribution in [-0.4, -0.2) is 39.2 Å². The van der Waals surface area contributed by atoms with Gasteiger partial charge in [-0.3, -0.25) is 0 Å². The minimum absolute atomic E-state index is 0.693. The van der Waals surface area contributed by atoms with Crippen molar-refractivity contribution in [2.75, 3.05) is 34.3 Å². The van der Waals surface area contributed by atoms with Crippen molar-refractivity contribution in [3.8, 4) is 0 Å². The van der Waals surface area contributed by atoms with Crippen LogP contribution in [0.25, 0.3) is 0 Å². The van der Waals surface area contributed by atoms with Crippen LogP contribution in [0, 0.1) is 0 Å². The van der Waals surface area contributed by atoms with Gasteiger partial charge in [0.05, 0.1) is 6.61 Å². The highest BCUT2D eigenvalue weighted by Crippen LogP contribution is 2.07. The summed E-state index contributed by atoms with van der Waals surface area (Å²) < 4.78 is 5.10. The Morgan fingerprint density at radius 3 is 2.41 bits per heavy atom. The molecule has 0 heterocycles. The monoisotopic (exact) mass is 236 g/mol. The molecule has 0 aliphatic rings. The van der Waals surface area contributed by atoms with Crippen LogP contribution in [0.3, 0.4) is 0 Å². The summed E-state index contributed by atoms with van der Waals surface area (Å²) in [4.78, 5) is 2.35. The molecule has 0 aromatic heterocycles. The van der Waals surface area contributed by atoms with Crippen LogP contribution in [0.2, 0.25) is 0 Å². The number of hydrogen-bond acceptors (Lipinski definition) is 3. The standard InChI is InChI=1S/C14H24N2O/c1-15-9-4-10-16(2)11-13-5-7-14(8-6-13)12-17-3/h5-8,15H,4,9-12H2,1-3H3. The molecular formula is C14H24N2O. The number of hydrogen-bond donors (Lipinski definition) is 1. The van der Waals surface area contributed by atoms with E-state index in [1.54, 1.807) is 7.11 Å². The van der Waals surface area contributed by atoms with Gasteiger partial charge in [-0.25, -0.2) is 0 Å². The Labute approximate surface area is 105 Å². The fourth-order valence-electron chi connectivity index (χ4n) is 1.82. The zero-order valence-electron chi connectivity index (χ0n) is 11.2. The predicted molar refractivity (Wildman–Crippen MR) is 72.0 cm³/mol. The van der Waals surface area contributed by atoms with Crippen LogP contribution >= 0.6 is 0 Å². The van der Waals surface area contributed by atoms with Gasteiger partial charge in [-0.2, -0.15) is 0 Å². The molecule has 1 aromatic rings. The number of rotatable bonds is 8. The van der Waals surface area contributed by atoms with E-state index >= 15 is 0 Å². The van der Waals surface area contributed by atoms with E-state index in [2.05, 4.69) is 41.5 Å². The average Bonchev–Trinajstić information content (AvgIpc) is 2.32. The van der Waals surface area contributed by atoms with Gasteiger partial charge in [-0.15, -0.1) is 0 Å². The maximum Gasteiger partial charge on any atom is 0.0713 e. The van der Waals surface area contributed by atoms with Crippen molar-refractivity contribution < 1.29 is 4.74 Å². The lowest BCUT2D eigenvalue weighted by molar-refractivity contribution is 0.185. The summed E-state index contributed by atoms with van der Waals surface area (Å²) in [5.74, 6) is 0. The summed E-state index contributed by atoms with van der Waals surface area (Å²) >= 11 is 0. The molecule has 0 spiro atoms. The van der Waals surface area contributed by atoms with Gasteiger partial charge in [0.1, 0.15) is 0 Å². The Morgan fingerprint density at radius 1 is 1.18 bits per heavy atom. The molecule has 0 amide bonds. The van der Waals surface area contributed by atoms with Crippen molar-refractivity contribution >= 4 is 0 Å². The third kappa shape index (κ3) is 5.82. The molecule has 0 saturated heterocycles. The third-order valence-corrected chi connectivity index (χ3v) is 2.75. The molecule has 0 radical (unpaired) electrons. The second-order valence-corrected chi connectivity index (χ2v) is 4.44. The normalized spacial score (nSPS) is 11.1. The molecule has 1 aromatic carbocycles. The van der Waals surface area contributed by atoms with Gasteiger partial charge in [0.25, 0.3) is 0 Å². The van der Waals surface area contributed by atoms with Gasteiger partial charge in [0, 0.05) is 13.7 Å². The van der Waals surface area contributed by atoms with Gasteiger partial charge >= 0.3 is 0 Å². The topological polar surface area (TPSA) is 24.5 Å².